The van der Waals surface area contributed by atoms with Crippen molar-refractivity contribution in [1.82, 2.24) is 0 Å². The van der Waals surface area contributed by atoms with E-state index < -0.39 is 24.1 Å². The first-order chi connectivity index (χ1) is 14.7. The van der Waals surface area contributed by atoms with E-state index in [1.807, 2.05) is 6.92 Å². The molecule has 183 valence electrons. The molecule has 0 aromatic carbocycles. The monoisotopic (exact) mass is 704 g/mol. The minimum absolute atomic E-state index is 0. The maximum Gasteiger partial charge on any atom is 0.187 e. The van der Waals surface area contributed by atoms with Gasteiger partial charge in [0.25, 0.3) is 0 Å². The molecule has 4 heterocycles. The second-order valence-electron chi connectivity index (χ2n) is 11.0. The normalized spacial score (nSPS) is 49.0. The molecule has 0 aromatic heterocycles. The SMILES string of the molecule is CC[CH-]C1(C)[CH-][C@@H]2[C@@H]3O[C@]4(CC[C@H](O4)[C@@H](C)C[C@@H](O)C3=O)C[C@H](O)C3=NCC[C@@]32CC1.[W].[Y]. The molecule has 1 radical (unpaired) electrons. The largest absolute Gasteiger partial charge is 0.387 e. The van der Waals surface area contributed by atoms with Crippen molar-refractivity contribution in [2.24, 2.45) is 27.7 Å². The van der Waals surface area contributed by atoms with Crippen LogP contribution in [0.25, 0.3) is 0 Å². The first-order valence-electron chi connectivity index (χ1n) is 12.2. The quantitative estimate of drug-likeness (QED) is 0.432. The van der Waals surface area contributed by atoms with Crippen LogP contribution in [-0.4, -0.2) is 58.5 Å². The van der Waals surface area contributed by atoms with Crippen LogP contribution < -0.4 is 0 Å². The Morgan fingerprint density at radius 2 is 1.94 bits per heavy atom. The van der Waals surface area contributed by atoms with Crippen LogP contribution in [0.5, 0.6) is 0 Å². The molecule has 3 bridgehead atoms. The van der Waals surface area contributed by atoms with Gasteiger partial charge in [-0.3, -0.25) is 15.2 Å². The van der Waals surface area contributed by atoms with Gasteiger partial charge in [0.15, 0.2) is 11.6 Å². The molecule has 1 unspecified atom stereocenters. The van der Waals surface area contributed by atoms with Crippen molar-refractivity contribution in [2.75, 3.05) is 6.54 Å². The molecular weight excluding hydrogens is 667 g/mol. The Kier molecular flexibility index (Phi) is 8.98. The number of Topliss-reactive ketones (excluding diaryl/α,β-unsaturated/α-hetero) is 1. The molecule has 5 aliphatic rings. The fraction of sp³-hybridized carbons (Fsp3) is 0.840. The maximum absolute atomic E-state index is 13.7. The number of nitrogens with zero attached hydrogens (tertiary/aromatic N) is 1. The van der Waals surface area contributed by atoms with Crippen LogP contribution in [0.1, 0.15) is 72.1 Å². The third-order valence-corrected chi connectivity index (χ3v) is 8.83. The molecule has 6 nitrogen and oxygen atoms in total. The smallest absolute Gasteiger partial charge is 0.187 e. The number of hydrogen-bond acceptors (Lipinski definition) is 6. The predicted octanol–water partition coefficient (Wildman–Crippen LogP) is 3.04. The zero-order valence-corrected chi connectivity index (χ0v) is 25.8. The van der Waals surface area contributed by atoms with E-state index in [1.54, 1.807) is 0 Å². The minimum atomic E-state index is -1.06. The van der Waals surface area contributed by atoms with E-state index in [0.29, 0.717) is 25.8 Å². The van der Waals surface area contributed by atoms with Gasteiger partial charge in [0.2, 0.25) is 0 Å². The number of fused-ring (bicyclic) bond motifs is 3. The van der Waals surface area contributed by atoms with Crippen LogP contribution in [0.3, 0.4) is 0 Å². The maximum atomic E-state index is 13.7. The molecule has 33 heavy (non-hydrogen) atoms. The summed E-state index contributed by atoms with van der Waals surface area (Å²) in [5, 5.41) is 22.3. The van der Waals surface area contributed by atoms with Crippen LogP contribution in [0.4, 0.5) is 0 Å². The van der Waals surface area contributed by atoms with Gasteiger partial charge in [0.1, 0.15) is 6.10 Å². The first kappa shape index (κ1) is 28.5. The van der Waals surface area contributed by atoms with Gasteiger partial charge < -0.3 is 32.5 Å². The van der Waals surface area contributed by atoms with Crippen LogP contribution in [0.2, 0.25) is 0 Å². The van der Waals surface area contributed by atoms with Gasteiger partial charge in [-0.1, -0.05) is 13.8 Å². The molecule has 4 aliphatic heterocycles. The third kappa shape index (κ3) is 4.82. The Morgan fingerprint density at radius 1 is 1.18 bits per heavy atom. The topological polar surface area (TPSA) is 88.3 Å². The second-order valence-corrected chi connectivity index (χ2v) is 11.0. The first-order valence-corrected chi connectivity index (χ1v) is 12.2. The van der Waals surface area contributed by atoms with Crippen molar-refractivity contribution >= 4 is 11.5 Å². The Balaban J connectivity index is 0.00000153. The zero-order chi connectivity index (χ0) is 22.0. The van der Waals surface area contributed by atoms with Crippen LogP contribution in [0.15, 0.2) is 4.99 Å². The number of carbonyl (C=O) groups is 1. The summed E-state index contributed by atoms with van der Waals surface area (Å²) in [6.45, 7) is 7.07. The fourth-order valence-electron chi connectivity index (χ4n) is 7.20. The number of ether oxygens (including phenoxy) is 2. The fourth-order valence-corrected chi connectivity index (χ4v) is 7.20. The van der Waals surface area contributed by atoms with Gasteiger partial charge in [0.05, 0.1) is 18.3 Å². The predicted molar refractivity (Wildman–Crippen MR) is 116 cm³/mol. The van der Waals surface area contributed by atoms with Gasteiger partial charge in [0, 0.05) is 78.9 Å². The van der Waals surface area contributed by atoms with E-state index in [2.05, 4.69) is 26.7 Å². The van der Waals surface area contributed by atoms with Gasteiger partial charge in [-0.25, -0.2) is 0 Å². The number of aliphatic imine (C=N–C) groups is 1. The number of ketones is 1. The van der Waals surface area contributed by atoms with E-state index in [4.69, 9.17) is 14.5 Å². The Hall–Kier alpha value is 0.972. The molecule has 0 amide bonds. The summed E-state index contributed by atoms with van der Waals surface area (Å²) < 4.78 is 13.1. The van der Waals surface area contributed by atoms with Crippen LogP contribution >= 0.6 is 0 Å². The average Bonchev–Trinajstić information content (AvgIpc) is 3.33. The summed E-state index contributed by atoms with van der Waals surface area (Å²) >= 11 is 0. The molecule has 8 heteroatoms. The summed E-state index contributed by atoms with van der Waals surface area (Å²) in [7, 11) is 0. The summed E-state index contributed by atoms with van der Waals surface area (Å²) in [6, 6.07) is 0. The second kappa shape index (κ2) is 10.4. The third-order valence-electron chi connectivity index (χ3n) is 8.83. The Bertz CT molecular complexity index is 782. The van der Waals surface area contributed by atoms with E-state index in [-0.39, 0.29) is 88.3 Å². The van der Waals surface area contributed by atoms with Crippen molar-refractivity contribution in [3.63, 3.8) is 0 Å². The Morgan fingerprint density at radius 3 is 2.67 bits per heavy atom. The van der Waals surface area contributed by atoms with Gasteiger partial charge >= 0.3 is 0 Å². The molecule has 1 saturated carbocycles. The number of rotatable bonds is 2. The van der Waals surface area contributed by atoms with E-state index in [1.165, 1.54) is 0 Å². The number of aliphatic hydroxyl groups is 2. The molecule has 5 rings (SSSR count). The molecule has 2 spiro atoms. The average molecular weight is 704 g/mol. The van der Waals surface area contributed by atoms with E-state index in [0.717, 1.165) is 37.8 Å². The molecule has 1 aliphatic carbocycles. The summed E-state index contributed by atoms with van der Waals surface area (Å²) in [4.78, 5) is 18.5. The van der Waals surface area contributed by atoms with Gasteiger partial charge in [-0.2, -0.15) is 6.42 Å². The van der Waals surface area contributed by atoms with Crippen LogP contribution in [-0.2, 0) is 68.0 Å². The summed E-state index contributed by atoms with van der Waals surface area (Å²) in [5.41, 5.74) is 0.344. The number of hydrogen-bond donors (Lipinski definition) is 2. The molecule has 4 fully saturated rings. The molecule has 2 N–H and O–H groups in total. The van der Waals surface area contributed by atoms with Gasteiger partial charge in [-0.15, -0.1) is 19.3 Å². The molecule has 0 aromatic rings. The van der Waals surface area contributed by atoms with E-state index in [9.17, 15) is 15.0 Å². The minimum Gasteiger partial charge on any atom is -0.387 e. The molecular formula is C25H37NO5WY-2. The summed E-state index contributed by atoms with van der Waals surface area (Å²) in [6.07, 6.45) is 7.74. The summed E-state index contributed by atoms with van der Waals surface area (Å²) in [5.74, 6) is -1.40. The van der Waals surface area contributed by atoms with Gasteiger partial charge in [-0.05, 0) is 37.0 Å². The molecule has 9 atom stereocenters. The van der Waals surface area contributed by atoms with Crippen molar-refractivity contribution in [1.29, 1.82) is 0 Å². The number of carbonyl (C=O) groups excluding carboxylic acids is 1. The van der Waals surface area contributed by atoms with Crippen molar-refractivity contribution in [2.45, 2.75) is 102 Å². The molecule has 3 saturated heterocycles. The van der Waals surface area contributed by atoms with Crippen LogP contribution in [0, 0.1) is 35.5 Å². The zero-order valence-electron chi connectivity index (χ0n) is 20.0. The number of aliphatic hydroxyl groups excluding tert-OH is 2. The van der Waals surface area contributed by atoms with E-state index >= 15 is 0 Å². The van der Waals surface area contributed by atoms with Crippen molar-refractivity contribution in [3.8, 4) is 0 Å². The van der Waals surface area contributed by atoms with Crippen molar-refractivity contribution < 1.29 is 78.3 Å². The standard InChI is InChI=1S/C25H37NO5.W.Y/c1-4-6-23(3)8-9-24-10-11-26-22(24)18(28)14-25-7-5-19(30-25)15(2)12-17(27)20(29)21(31-25)16(24)13-23;;/h6,13,15-19,21,27-28H,4-5,7-12,14H2,1-3H3;;/q-2;;/t15-,16+,17+,18-,19-,21-,23?,24+,25+;;/m0../s1. The Labute approximate surface area is 237 Å². The van der Waals surface area contributed by atoms with Crippen molar-refractivity contribution in [3.05, 3.63) is 12.8 Å².